The molecule has 1 aromatic heterocycles. The van der Waals surface area contributed by atoms with Crippen molar-refractivity contribution < 1.29 is 4.79 Å². The first-order chi connectivity index (χ1) is 10.7. The zero-order valence-electron chi connectivity index (χ0n) is 12.7. The standard InChI is InChI=1S/C19H18N2O/c1-13(2)14-7-3-6-10-18(14)21-19(22)16-11-12-20-17-9-5-4-8-15(16)17/h3-13H,1-2H3,(H,21,22). The lowest BCUT2D eigenvalue weighted by Gasteiger charge is -2.14. The number of aromatic nitrogens is 1. The molecule has 0 aliphatic heterocycles. The van der Waals surface area contributed by atoms with Crippen LogP contribution in [0.25, 0.3) is 10.9 Å². The molecular weight excluding hydrogens is 272 g/mol. The van der Waals surface area contributed by atoms with Gasteiger partial charge < -0.3 is 5.32 Å². The number of carbonyl (C=O) groups is 1. The summed E-state index contributed by atoms with van der Waals surface area (Å²) in [6.07, 6.45) is 1.67. The molecule has 1 heterocycles. The van der Waals surface area contributed by atoms with E-state index in [1.807, 2.05) is 48.5 Å². The lowest BCUT2D eigenvalue weighted by Crippen LogP contribution is -2.14. The molecule has 2 aromatic carbocycles. The number of carbonyl (C=O) groups excluding carboxylic acids is 1. The van der Waals surface area contributed by atoms with Crippen molar-refractivity contribution in [3.63, 3.8) is 0 Å². The van der Waals surface area contributed by atoms with Crippen molar-refractivity contribution in [3.05, 3.63) is 71.9 Å². The van der Waals surface area contributed by atoms with E-state index in [4.69, 9.17) is 0 Å². The smallest absolute Gasteiger partial charge is 0.256 e. The molecule has 0 aliphatic carbocycles. The van der Waals surface area contributed by atoms with E-state index in [1.165, 1.54) is 0 Å². The van der Waals surface area contributed by atoms with Crippen LogP contribution in [0.4, 0.5) is 5.69 Å². The number of amides is 1. The van der Waals surface area contributed by atoms with Crippen LogP contribution in [0.2, 0.25) is 0 Å². The van der Waals surface area contributed by atoms with E-state index in [2.05, 4.69) is 24.1 Å². The van der Waals surface area contributed by atoms with Crippen molar-refractivity contribution in [2.75, 3.05) is 5.32 Å². The molecular formula is C19H18N2O. The zero-order valence-corrected chi connectivity index (χ0v) is 12.7. The Balaban J connectivity index is 1.98. The number of nitrogens with zero attached hydrogens (tertiary/aromatic N) is 1. The predicted octanol–water partition coefficient (Wildman–Crippen LogP) is 4.61. The monoisotopic (exact) mass is 290 g/mol. The summed E-state index contributed by atoms with van der Waals surface area (Å²) in [7, 11) is 0. The van der Waals surface area contributed by atoms with Gasteiger partial charge in [-0.25, -0.2) is 0 Å². The molecule has 110 valence electrons. The van der Waals surface area contributed by atoms with Crippen LogP contribution in [0.5, 0.6) is 0 Å². The van der Waals surface area contributed by atoms with Crippen molar-refractivity contribution in [1.29, 1.82) is 0 Å². The molecule has 1 amide bonds. The van der Waals surface area contributed by atoms with Gasteiger partial charge in [0.25, 0.3) is 5.91 Å². The van der Waals surface area contributed by atoms with Crippen LogP contribution in [0.1, 0.15) is 35.7 Å². The highest BCUT2D eigenvalue weighted by molar-refractivity contribution is 6.12. The second-order valence-corrected chi connectivity index (χ2v) is 5.57. The summed E-state index contributed by atoms with van der Waals surface area (Å²) in [5, 5.41) is 3.90. The average molecular weight is 290 g/mol. The van der Waals surface area contributed by atoms with Gasteiger partial charge in [-0.1, -0.05) is 50.2 Å². The molecule has 3 nitrogen and oxygen atoms in total. The van der Waals surface area contributed by atoms with Gasteiger partial charge in [-0.3, -0.25) is 9.78 Å². The van der Waals surface area contributed by atoms with Gasteiger partial charge in [0.05, 0.1) is 11.1 Å². The van der Waals surface area contributed by atoms with Gasteiger partial charge in [0.1, 0.15) is 0 Å². The maximum absolute atomic E-state index is 12.7. The third-order valence-electron chi connectivity index (χ3n) is 3.72. The largest absolute Gasteiger partial charge is 0.322 e. The fourth-order valence-electron chi connectivity index (χ4n) is 2.60. The number of rotatable bonds is 3. The maximum atomic E-state index is 12.7. The third-order valence-corrected chi connectivity index (χ3v) is 3.72. The first-order valence-electron chi connectivity index (χ1n) is 7.41. The Hall–Kier alpha value is -2.68. The summed E-state index contributed by atoms with van der Waals surface area (Å²) in [5.74, 6) is 0.248. The molecule has 1 N–H and O–H groups in total. The van der Waals surface area contributed by atoms with Gasteiger partial charge >= 0.3 is 0 Å². The Labute approximate surface area is 130 Å². The lowest BCUT2D eigenvalue weighted by atomic mass is 10.0. The topological polar surface area (TPSA) is 42.0 Å². The number of hydrogen-bond acceptors (Lipinski definition) is 2. The van der Waals surface area contributed by atoms with Crippen LogP contribution >= 0.6 is 0 Å². The molecule has 0 aliphatic rings. The van der Waals surface area contributed by atoms with Crippen molar-refractivity contribution in [3.8, 4) is 0 Å². The van der Waals surface area contributed by atoms with Crippen molar-refractivity contribution >= 4 is 22.5 Å². The Morgan fingerprint density at radius 3 is 2.55 bits per heavy atom. The minimum atomic E-state index is -0.105. The van der Waals surface area contributed by atoms with Gasteiger partial charge in [0, 0.05) is 17.3 Å². The highest BCUT2D eigenvalue weighted by Crippen LogP contribution is 2.25. The van der Waals surface area contributed by atoms with Crippen LogP contribution in [0.3, 0.4) is 0 Å². The van der Waals surface area contributed by atoms with E-state index in [0.717, 1.165) is 22.2 Å². The fraction of sp³-hybridized carbons (Fsp3) is 0.158. The Morgan fingerprint density at radius 1 is 1.00 bits per heavy atom. The zero-order chi connectivity index (χ0) is 15.5. The number of para-hydroxylation sites is 2. The normalized spacial score (nSPS) is 10.9. The van der Waals surface area contributed by atoms with E-state index in [0.29, 0.717) is 11.5 Å². The van der Waals surface area contributed by atoms with Crippen molar-refractivity contribution in [2.24, 2.45) is 0 Å². The lowest BCUT2D eigenvalue weighted by molar-refractivity contribution is 0.102. The minimum Gasteiger partial charge on any atom is -0.322 e. The van der Waals surface area contributed by atoms with Crippen molar-refractivity contribution in [1.82, 2.24) is 4.98 Å². The third kappa shape index (κ3) is 2.70. The molecule has 0 saturated heterocycles. The summed E-state index contributed by atoms with van der Waals surface area (Å²) in [5.41, 5.74) is 3.47. The van der Waals surface area contributed by atoms with Crippen LogP contribution < -0.4 is 5.32 Å². The second kappa shape index (κ2) is 5.98. The van der Waals surface area contributed by atoms with Crippen LogP contribution in [0.15, 0.2) is 60.8 Å². The molecule has 3 heteroatoms. The van der Waals surface area contributed by atoms with Gasteiger partial charge in [-0.2, -0.15) is 0 Å². The Morgan fingerprint density at radius 2 is 1.73 bits per heavy atom. The number of fused-ring (bicyclic) bond motifs is 1. The van der Waals surface area contributed by atoms with Crippen LogP contribution in [-0.2, 0) is 0 Å². The first kappa shape index (κ1) is 14.3. The summed E-state index contributed by atoms with van der Waals surface area (Å²) in [6.45, 7) is 4.24. The SMILES string of the molecule is CC(C)c1ccccc1NC(=O)c1ccnc2ccccc12. The van der Waals surface area contributed by atoms with Gasteiger partial charge in [0.15, 0.2) is 0 Å². The van der Waals surface area contributed by atoms with Gasteiger partial charge in [-0.15, -0.1) is 0 Å². The minimum absolute atomic E-state index is 0.105. The van der Waals surface area contributed by atoms with Crippen molar-refractivity contribution in [2.45, 2.75) is 19.8 Å². The summed E-state index contributed by atoms with van der Waals surface area (Å²) in [6, 6.07) is 17.4. The second-order valence-electron chi connectivity index (χ2n) is 5.57. The summed E-state index contributed by atoms with van der Waals surface area (Å²) >= 11 is 0. The quantitative estimate of drug-likeness (QED) is 0.765. The average Bonchev–Trinajstić information content (AvgIpc) is 2.54. The molecule has 0 radical (unpaired) electrons. The van der Waals surface area contributed by atoms with Gasteiger partial charge in [-0.05, 0) is 29.7 Å². The molecule has 3 rings (SSSR count). The number of nitrogens with one attached hydrogen (secondary N) is 1. The van der Waals surface area contributed by atoms with E-state index >= 15 is 0 Å². The fourth-order valence-corrected chi connectivity index (χ4v) is 2.60. The molecule has 0 fully saturated rings. The molecule has 0 bridgehead atoms. The summed E-state index contributed by atoms with van der Waals surface area (Å²) in [4.78, 5) is 17.0. The molecule has 0 spiro atoms. The van der Waals surface area contributed by atoms with E-state index in [9.17, 15) is 4.79 Å². The Bertz CT molecular complexity index is 819. The number of hydrogen-bond donors (Lipinski definition) is 1. The van der Waals surface area contributed by atoms with Gasteiger partial charge in [0.2, 0.25) is 0 Å². The molecule has 3 aromatic rings. The van der Waals surface area contributed by atoms with E-state index in [-0.39, 0.29) is 5.91 Å². The predicted molar refractivity (Wildman–Crippen MR) is 90.2 cm³/mol. The number of benzene rings is 2. The molecule has 0 unspecified atom stereocenters. The highest BCUT2D eigenvalue weighted by atomic mass is 16.1. The number of anilines is 1. The highest BCUT2D eigenvalue weighted by Gasteiger charge is 2.13. The van der Waals surface area contributed by atoms with Crippen LogP contribution in [0, 0.1) is 0 Å². The van der Waals surface area contributed by atoms with E-state index in [1.54, 1.807) is 12.3 Å². The first-order valence-corrected chi connectivity index (χ1v) is 7.41. The number of pyridine rings is 1. The van der Waals surface area contributed by atoms with Crippen LogP contribution in [-0.4, -0.2) is 10.9 Å². The molecule has 0 saturated carbocycles. The maximum Gasteiger partial charge on any atom is 0.256 e. The molecule has 0 atom stereocenters. The Kier molecular flexibility index (Phi) is 3.88. The molecule has 22 heavy (non-hydrogen) atoms. The summed E-state index contributed by atoms with van der Waals surface area (Å²) < 4.78 is 0. The van der Waals surface area contributed by atoms with E-state index < -0.39 is 0 Å².